The molecule has 8 N–H and O–H groups in total. The van der Waals surface area contributed by atoms with Gasteiger partial charge in [0.2, 0.25) is 11.8 Å². The SMILES string of the molecule is NC1=NC2N=CC(CNc3ccc(C(=O)NC(CCC(=O)On4c(O)ccc4O)C(=O)O)cc3)=NC2C(=O)N1. The van der Waals surface area contributed by atoms with Gasteiger partial charge in [-0.2, -0.15) is 0 Å². The molecule has 2 aliphatic rings. The topological polar surface area (TPSA) is 242 Å². The number of rotatable bonds is 10. The number of hydrogen-bond donors (Lipinski definition) is 7. The third-order valence-corrected chi connectivity index (χ3v) is 5.61. The van der Waals surface area contributed by atoms with Crippen LogP contribution in [-0.2, 0) is 14.4 Å². The molecule has 0 spiro atoms. The van der Waals surface area contributed by atoms with Gasteiger partial charge in [-0.3, -0.25) is 24.9 Å². The molecule has 3 atom stereocenters. The minimum absolute atomic E-state index is 0.00776. The average Bonchev–Trinajstić information content (AvgIpc) is 3.22. The molecule has 2 amide bonds. The monoisotopic (exact) mass is 540 g/mol. The van der Waals surface area contributed by atoms with E-state index in [1.165, 1.54) is 18.3 Å². The van der Waals surface area contributed by atoms with E-state index >= 15 is 0 Å². The van der Waals surface area contributed by atoms with Crippen molar-refractivity contribution in [3.8, 4) is 11.8 Å². The van der Waals surface area contributed by atoms with Crippen LogP contribution in [0.1, 0.15) is 23.2 Å². The Labute approximate surface area is 219 Å². The number of aliphatic carboxylic acids is 1. The fourth-order valence-corrected chi connectivity index (χ4v) is 3.62. The number of carboxylic acid groups (broad SMARTS) is 1. The Hall–Kier alpha value is -5.41. The molecule has 16 nitrogen and oxygen atoms in total. The number of aliphatic imine (C=N–C) groups is 3. The zero-order valence-electron chi connectivity index (χ0n) is 20.1. The van der Waals surface area contributed by atoms with Crippen molar-refractivity contribution in [2.24, 2.45) is 20.7 Å². The maximum Gasteiger partial charge on any atom is 0.333 e. The van der Waals surface area contributed by atoms with Crippen molar-refractivity contribution in [3.05, 3.63) is 42.0 Å². The molecule has 0 bridgehead atoms. The van der Waals surface area contributed by atoms with Gasteiger partial charge in [0.05, 0.1) is 18.7 Å². The molecule has 3 unspecified atom stereocenters. The number of carboxylic acids is 1. The standard InChI is InChI=1S/C23H24N8O8/c24-23-29-19-18(21(36)30-23)27-13(10-26-19)9-25-12-3-1-11(2-4-12)20(35)28-14(22(37)38)5-8-17(34)39-31-15(32)6-7-16(31)33/h1-4,6-7,10,14,18-19,25,32-33H,5,8-9H2,(H,28,35)(H,37,38)(H3,24,29,30,36). The van der Waals surface area contributed by atoms with Gasteiger partial charge in [0.15, 0.2) is 18.2 Å². The number of benzene rings is 1. The summed E-state index contributed by atoms with van der Waals surface area (Å²) in [6, 6.07) is 6.13. The van der Waals surface area contributed by atoms with Crippen LogP contribution in [0.3, 0.4) is 0 Å². The van der Waals surface area contributed by atoms with Crippen molar-refractivity contribution in [2.45, 2.75) is 31.1 Å². The Bertz CT molecular complexity index is 1360. The molecule has 16 heteroatoms. The lowest BCUT2D eigenvalue weighted by Crippen LogP contribution is -2.52. The first-order valence-electron chi connectivity index (χ1n) is 11.5. The van der Waals surface area contributed by atoms with Gasteiger partial charge >= 0.3 is 11.9 Å². The summed E-state index contributed by atoms with van der Waals surface area (Å²) in [5, 5.41) is 36.3. The van der Waals surface area contributed by atoms with E-state index in [0.29, 0.717) is 16.1 Å². The van der Waals surface area contributed by atoms with Crippen molar-refractivity contribution in [1.29, 1.82) is 0 Å². The predicted molar refractivity (Wildman–Crippen MR) is 136 cm³/mol. The first kappa shape index (κ1) is 26.6. The van der Waals surface area contributed by atoms with Crippen LogP contribution in [0.5, 0.6) is 11.8 Å². The first-order chi connectivity index (χ1) is 18.6. The van der Waals surface area contributed by atoms with Crippen LogP contribution >= 0.6 is 0 Å². The number of hydrogen-bond acceptors (Lipinski definition) is 12. The quantitative estimate of drug-likeness (QED) is 0.186. The van der Waals surface area contributed by atoms with Crippen molar-refractivity contribution < 1.29 is 39.3 Å². The van der Waals surface area contributed by atoms with E-state index in [4.69, 9.17) is 10.6 Å². The molecule has 0 radical (unpaired) electrons. The van der Waals surface area contributed by atoms with Gasteiger partial charge in [-0.1, -0.05) is 0 Å². The number of aromatic nitrogens is 1. The smallest absolute Gasteiger partial charge is 0.333 e. The molecule has 0 saturated heterocycles. The Kier molecular flexibility index (Phi) is 7.74. The normalized spacial score (nSPS) is 18.6. The predicted octanol–water partition coefficient (Wildman–Crippen LogP) is -1.41. The highest BCUT2D eigenvalue weighted by Crippen LogP contribution is 2.19. The minimum Gasteiger partial charge on any atom is -0.492 e. The second-order valence-corrected chi connectivity index (χ2v) is 8.40. The van der Waals surface area contributed by atoms with E-state index in [9.17, 15) is 34.5 Å². The average molecular weight is 540 g/mol. The number of guanidine groups is 1. The van der Waals surface area contributed by atoms with Gasteiger partial charge in [-0.25, -0.2) is 14.6 Å². The highest BCUT2D eigenvalue weighted by molar-refractivity contribution is 6.33. The van der Waals surface area contributed by atoms with Gasteiger partial charge < -0.3 is 36.5 Å². The van der Waals surface area contributed by atoms with Crippen LogP contribution in [0, 0.1) is 0 Å². The van der Waals surface area contributed by atoms with Crippen LogP contribution in [0.25, 0.3) is 0 Å². The van der Waals surface area contributed by atoms with E-state index in [2.05, 4.69) is 30.9 Å². The lowest BCUT2D eigenvalue weighted by Gasteiger charge is -2.25. The highest BCUT2D eigenvalue weighted by Gasteiger charge is 2.34. The van der Waals surface area contributed by atoms with Gasteiger partial charge in [0.25, 0.3) is 11.8 Å². The Morgan fingerprint density at radius 2 is 1.79 bits per heavy atom. The minimum atomic E-state index is -1.40. The van der Waals surface area contributed by atoms with E-state index < -0.39 is 60.2 Å². The van der Waals surface area contributed by atoms with Crippen LogP contribution in [-0.4, -0.2) is 86.5 Å². The highest BCUT2D eigenvalue weighted by atomic mass is 16.7. The number of fused-ring (bicyclic) bond motifs is 1. The molecule has 4 rings (SSSR count). The second-order valence-electron chi connectivity index (χ2n) is 8.40. The lowest BCUT2D eigenvalue weighted by molar-refractivity contribution is -0.146. The van der Waals surface area contributed by atoms with Crippen molar-refractivity contribution >= 4 is 47.3 Å². The van der Waals surface area contributed by atoms with Crippen molar-refractivity contribution in [1.82, 2.24) is 15.4 Å². The van der Waals surface area contributed by atoms with E-state index in [-0.39, 0.29) is 24.5 Å². The third kappa shape index (κ3) is 6.48. The third-order valence-electron chi connectivity index (χ3n) is 5.61. The Morgan fingerprint density at radius 1 is 1.10 bits per heavy atom. The fourth-order valence-electron chi connectivity index (χ4n) is 3.62. The maximum atomic E-state index is 12.6. The molecule has 2 aliphatic heterocycles. The summed E-state index contributed by atoms with van der Waals surface area (Å²) in [6.45, 7) is 0.237. The number of nitrogens with zero attached hydrogens (tertiary/aromatic N) is 4. The molecule has 0 fully saturated rings. The van der Waals surface area contributed by atoms with Crippen LogP contribution in [0.4, 0.5) is 5.69 Å². The molecule has 1 aromatic carbocycles. The van der Waals surface area contributed by atoms with Gasteiger partial charge in [0.1, 0.15) is 6.04 Å². The van der Waals surface area contributed by atoms with Crippen LogP contribution in [0.2, 0.25) is 0 Å². The van der Waals surface area contributed by atoms with Crippen LogP contribution < -0.4 is 26.5 Å². The summed E-state index contributed by atoms with van der Waals surface area (Å²) in [4.78, 5) is 65.5. The van der Waals surface area contributed by atoms with Gasteiger partial charge in [0, 0.05) is 29.6 Å². The molecule has 2 aromatic rings. The molecule has 204 valence electrons. The largest absolute Gasteiger partial charge is 0.492 e. The molecule has 1 aromatic heterocycles. The fraction of sp³-hybridized carbons (Fsp3) is 0.261. The first-order valence-corrected chi connectivity index (χ1v) is 11.5. The van der Waals surface area contributed by atoms with Gasteiger partial charge in [-0.05, 0) is 30.7 Å². The van der Waals surface area contributed by atoms with Crippen molar-refractivity contribution in [2.75, 3.05) is 11.9 Å². The summed E-state index contributed by atoms with van der Waals surface area (Å²) in [7, 11) is 0. The Morgan fingerprint density at radius 3 is 2.46 bits per heavy atom. The Balaban J connectivity index is 1.28. The number of amides is 2. The molecule has 0 aliphatic carbocycles. The van der Waals surface area contributed by atoms with Crippen LogP contribution in [0.15, 0.2) is 51.4 Å². The molecule has 39 heavy (non-hydrogen) atoms. The van der Waals surface area contributed by atoms with E-state index in [1.54, 1.807) is 12.1 Å². The molecular weight excluding hydrogens is 516 g/mol. The van der Waals surface area contributed by atoms with E-state index in [0.717, 1.165) is 12.1 Å². The number of aromatic hydroxyl groups is 2. The summed E-state index contributed by atoms with van der Waals surface area (Å²) in [5.74, 6) is -4.42. The number of carbonyl (C=O) groups is 4. The summed E-state index contributed by atoms with van der Waals surface area (Å²) >= 11 is 0. The molecule has 3 heterocycles. The van der Waals surface area contributed by atoms with E-state index in [1.807, 2.05) is 0 Å². The summed E-state index contributed by atoms with van der Waals surface area (Å²) < 4.78 is 0.480. The summed E-state index contributed by atoms with van der Waals surface area (Å²) in [6.07, 6.45) is 0.0793. The van der Waals surface area contributed by atoms with Crippen molar-refractivity contribution in [3.63, 3.8) is 0 Å². The van der Waals surface area contributed by atoms with Gasteiger partial charge in [-0.15, -0.1) is 4.73 Å². The molecular formula is C23H24N8O8. The maximum absolute atomic E-state index is 12.6. The zero-order chi connectivity index (χ0) is 28.1. The number of nitrogens with two attached hydrogens (primary N) is 1. The second kappa shape index (κ2) is 11.3. The lowest BCUT2D eigenvalue weighted by atomic mass is 10.1. The zero-order valence-corrected chi connectivity index (χ0v) is 20.1. The number of anilines is 1. The summed E-state index contributed by atoms with van der Waals surface area (Å²) in [5.41, 5.74) is 6.83. The number of nitrogens with one attached hydrogen (secondary N) is 3. The molecule has 0 saturated carbocycles. The number of carbonyl (C=O) groups excluding carboxylic acids is 3.